The second-order valence-electron chi connectivity index (χ2n) is 12.3. The zero-order chi connectivity index (χ0) is 35.4. The standard InChI is InChI=1S/C16H20ClN5O.C12H15ClN2OS.C4H7N3/c1-10-9-13(22-21-10)18-15(20-16(2,3)4)19-14(23)11-5-7-12(17)8-6-11;1-12(2,3)15-11(17)14-10(16)8-4-6-9(13)7-5-8;1-3-2-4(5)7-6-3/h5-9H,1-4H3,(H3,18,19,20,21,22,23);4-7H,1-3H3,(H2,14,15,16,17);2H,1H3,(H3,5,6,7). The molecule has 0 spiro atoms. The van der Waals surface area contributed by atoms with Crippen LogP contribution in [0.3, 0.4) is 0 Å². The van der Waals surface area contributed by atoms with Crippen LogP contribution in [0.1, 0.15) is 73.6 Å². The minimum Gasteiger partial charge on any atom is -0.382 e. The highest BCUT2D eigenvalue weighted by atomic mass is 35.5. The number of aliphatic imine (C=N–C) groups is 1. The molecule has 0 radical (unpaired) electrons. The van der Waals surface area contributed by atoms with Crippen molar-refractivity contribution in [3.8, 4) is 0 Å². The van der Waals surface area contributed by atoms with Gasteiger partial charge in [0.2, 0.25) is 5.96 Å². The lowest BCUT2D eigenvalue weighted by atomic mass is 10.1. The number of aromatic amines is 2. The van der Waals surface area contributed by atoms with E-state index in [-0.39, 0.29) is 22.9 Å². The van der Waals surface area contributed by atoms with Gasteiger partial charge in [-0.15, -0.1) is 0 Å². The summed E-state index contributed by atoms with van der Waals surface area (Å²) in [7, 11) is 0. The Morgan fingerprint density at radius 2 is 1.26 bits per heavy atom. The molecule has 0 aliphatic rings. The number of aromatic nitrogens is 4. The molecule has 252 valence electrons. The summed E-state index contributed by atoms with van der Waals surface area (Å²) in [4.78, 5) is 28.6. The predicted octanol–water partition coefficient (Wildman–Crippen LogP) is 6.41. The molecule has 0 aliphatic carbocycles. The van der Waals surface area contributed by atoms with E-state index in [0.717, 1.165) is 11.4 Å². The van der Waals surface area contributed by atoms with E-state index in [4.69, 9.17) is 41.2 Å². The molecular formula is C32H42Cl2N10O2S. The molecule has 4 rings (SSSR count). The number of aryl methyl sites for hydroxylation is 2. The second kappa shape index (κ2) is 17.5. The highest BCUT2D eigenvalue weighted by molar-refractivity contribution is 7.80. The molecule has 2 amide bonds. The number of hydrogen-bond donors (Lipinski definition) is 7. The lowest BCUT2D eigenvalue weighted by molar-refractivity contribution is 0.0968. The first-order valence-corrected chi connectivity index (χ1v) is 15.6. The number of nitrogens with two attached hydrogens (primary N) is 1. The number of halogens is 2. The van der Waals surface area contributed by atoms with E-state index in [9.17, 15) is 9.59 Å². The van der Waals surface area contributed by atoms with Gasteiger partial charge in [-0.2, -0.15) is 10.2 Å². The quantitative estimate of drug-likeness (QED) is 0.0728. The topological polar surface area (TPSA) is 178 Å². The molecule has 0 bridgehead atoms. The lowest BCUT2D eigenvalue weighted by Gasteiger charge is -2.22. The molecule has 2 heterocycles. The van der Waals surface area contributed by atoms with Gasteiger partial charge in [-0.05, 0) is 116 Å². The number of H-pyrrole nitrogens is 2. The summed E-state index contributed by atoms with van der Waals surface area (Å²) in [5, 5.41) is 26.2. The van der Waals surface area contributed by atoms with Gasteiger partial charge in [-0.25, -0.2) is 4.99 Å². The number of rotatable bonds is 3. The zero-order valence-corrected chi connectivity index (χ0v) is 30.0. The van der Waals surface area contributed by atoms with Crippen molar-refractivity contribution in [1.82, 2.24) is 36.3 Å². The fourth-order valence-corrected chi connectivity index (χ4v) is 4.05. The summed E-state index contributed by atoms with van der Waals surface area (Å²) < 4.78 is 0. The van der Waals surface area contributed by atoms with Crippen molar-refractivity contribution in [3.63, 3.8) is 0 Å². The summed E-state index contributed by atoms with van der Waals surface area (Å²) in [5.41, 5.74) is 7.62. The minimum absolute atomic E-state index is 0.176. The third-order valence-corrected chi connectivity index (χ3v) is 5.99. The minimum atomic E-state index is -0.360. The smallest absolute Gasteiger partial charge is 0.257 e. The Bertz CT molecular complexity index is 1640. The van der Waals surface area contributed by atoms with Crippen LogP contribution >= 0.6 is 35.4 Å². The molecule has 0 saturated heterocycles. The number of carbonyl (C=O) groups is 2. The monoisotopic (exact) mass is 700 g/mol. The third kappa shape index (κ3) is 16.1. The van der Waals surface area contributed by atoms with Gasteiger partial charge in [-0.3, -0.25) is 30.4 Å². The number of hydrogen-bond acceptors (Lipinski definition) is 7. The first kappa shape index (κ1) is 38.7. The van der Waals surface area contributed by atoms with Gasteiger partial charge in [0.25, 0.3) is 11.8 Å². The number of carbonyl (C=O) groups excluding carboxylic acids is 2. The van der Waals surface area contributed by atoms with E-state index in [0.29, 0.717) is 43.9 Å². The fourth-order valence-electron chi connectivity index (χ4n) is 3.39. The molecule has 4 aromatic rings. The Balaban J connectivity index is 0.000000279. The van der Waals surface area contributed by atoms with Crippen molar-refractivity contribution in [2.75, 3.05) is 11.1 Å². The second-order valence-corrected chi connectivity index (χ2v) is 13.6. The first-order valence-electron chi connectivity index (χ1n) is 14.4. The van der Waals surface area contributed by atoms with Crippen molar-refractivity contribution in [1.29, 1.82) is 0 Å². The number of anilines is 2. The van der Waals surface area contributed by atoms with Crippen LogP contribution in [0.25, 0.3) is 0 Å². The highest BCUT2D eigenvalue weighted by Crippen LogP contribution is 2.12. The summed E-state index contributed by atoms with van der Waals surface area (Å²) in [6.45, 7) is 15.5. The number of benzene rings is 2. The third-order valence-electron chi connectivity index (χ3n) is 5.29. The molecule has 0 aliphatic heterocycles. The van der Waals surface area contributed by atoms with Crippen LogP contribution in [0.15, 0.2) is 65.7 Å². The predicted molar refractivity (Wildman–Crippen MR) is 195 cm³/mol. The molecule has 0 fully saturated rings. The van der Waals surface area contributed by atoms with Crippen LogP contribution < -0.4 is 27.0 Å². The molecule has 8 N–H and O–H groups in total. The van der Waals surface area contributed by atoms with Gasteiger partial charge in [0, 0.05) is 50.2 Å². The molecule has 0 saturated carbocycles. The normalized spacial score (nSPS) is 11.2. The fraction of sp³-hybridized carbons (Fsp3) is 0.312. The number of guanidine groups is 1. The average molecular weight is 702 g/mol. The molecular weight excluding hydrogens is 659 g/mol. The van der Waals surface area contributed by atoms with Crippen molar-refractivity contribution < 1.29 is 9.59 Å². The van der Waals surface area contributed by atoms with Gasteiger partial charge in [0.05, 0.1) is 5.54 Å². The summed E-state index contributed by atoms with van der Waals surface area (Å²) >= 11 is 16.6. The Morgan fingerprint density at radius 1 is 0.787 bits per heavy atom. The van der Waals surface area contributed by atoms with E-state index < -0.39 is 0 Å². The molecule has 12 nitrogen and oxygen atoms in total. The van der Waals surface area contributed by atoms with Crippen LogP contribution in [-0.2, 0) is 0 Å². The maximum Gasteiger partial charge on any atom is 0.257 e. The Hall–Kier alpha value is -4.46. The van der Waals surface area contributed by atoms with Gasteiger partial charge < -0.3 is 16.4 Å². The van der Waals surface area contributed by atoms with Crippen LogP contribution in [0.2, 0.25) is 10.0 Å². The maximum atomic E-state index is 12.3. The summed E-state index contributed by atoms with van der Waals surface area (Å²) in [6, 6.07) is 16.9. The number of thiocarbonyl (C=S) groups is 1. The molecule has 0 atom stereocenters. The van der Waals surface area contributed by atoms with Crippen LogP contribution in [0.5, 0.6) is 0 Å². The van der Waals surface area contributed by atoms with Crippen molar-refractivity contribution in [2.24, 2.45) is 4.99 Å². The largest absolute Gasteiger partial charge is 0.382 e. The van der Waals surface area contributed by atoms with Gasteiger partial charge in [-0.1, -0.05) is 23.2 Å². The van der Waals surface area contributed by atoms with Gasteiger partial charge in [0.15, 0.2) is 10.9 Å². The SMILES string of the molecule is CC(C)(C)NC(=S)NC(=O)c1ccc(Cl)cc1.Cc1cc(N)n[nH]1.Cc1cc(NC(=NC(C)(C)C)NC(=O)c2ccc(Cl)cc2)n[nH]1. The van der Waals surface area contributed by atoms with Gasteiger partial charge in [0.1, 0.15) is 5.82 Å². The summed E-state index contributed by atoms with van der Waals surface area (Å²) in [5.74, 6) is 0.955. The average Bonchev–Trinajstić information content (AvgIpc) is 3.53. The van der Waals surface area contributed by atoms with Crippen molar-refractivity contribution >= 4 is 69.9 Å². The van der Waals surface area contributed by atoms with E-state index in [1.165, 1.54) is 0 Å². The number of nitrogens with zero attached hydrogens (tertiary/aromatic N) is 3. The Labute approximate surface area is 290 Å². The first-order chi connectivity index (χ1) is 21.8. The number of amides is 2. The number of nitrogens with one attached hydrogen (secondary N) is 6. The molecule has 2 aromatic heterocycles. The molecule has 47 heavy (non-hydrogen) atoms. The lowest BCUT2D eigenvalue weighted by Crippen LogP contribution is -2.48. The Morgan fingerprint density at radius 3 is 1.62 bits per heavy atom. The Kier molecular flexibility index (Phi) is 14.4. The zero-order valence-electron chi connectivity index (χ0n) is 27.7. The van der Waals surface area contributed by atoms with Crippen LogP contribution in [-0.4, -0.2) is 54.4 Å². The summed E-state index contributed by atoms with van der Waals surface area (Å²) in [6.07, 6.45) is 0. The molecule has 2 aromatic carbocycles. The van der Waals surface area contributed by atoms with Crippen molar-refractivity contribution in [2.45, 2.75) is 66.5 Å². The maximum absolute atomic E-state index is 12.3. The highest BCUT2D eigenvalue weighted by Gasteiger charge is 2.16. The number of nitrogen functional groups attached to an aromatic ring is 1. The van der Waals surface area contributed by atoms with E-state index in [1.807, 2.05) is 61.5 Å². The van der Waals surface area contributed by atoms with Crippen LogP contribution in [0.4, 0.5) is 11.6 Å². The van der Waals surface area contributed by atoms with E-state index >= 15 is 0 Å². The van der Waals surface area contributed by atoms with Crippen molar-refractivity contribution in [3.05, 3.63) is 93.2 Å². The van der Waals surface area contributed by atoms with E-state index in [1.54, 1.807) is 54.6 Å². The van der Waals surface area contributed by atoms with E-state index in [2.05, 4.69) is 46.7 Å². The molecule has 15 heteroatoms. The van der Waals surface area contributed by atoms with Gasteiger partial charge >= 0.3 is 0 Å². The van der Waals surface area contributed by atoms with Crippen LogP contribution in [0, 0.1) is 13.8 Å². The molecule has 0 unspecified atom stereocenters.